The van der Waals surface area contributed by atoms with Crippen molar-refractivity contribution in [3.63, 3.8) is 0 Å². The van der Waals surface area contributed by atoms with Crippen LogP contribution in [0.3, 0.4) is 0 Å². The number of alkyl halides is 3. The molecule has 1 aromatic carbocycles. The highest BCUT2D eigenvalue weighted by Crippen LogP contribution is 2.41. The molecular formula is C22H20ClF5N6O. The molecule has 0 radical (unpaired) electrons. The number of aromatic nitrogens is 3. The summed E-state index contributed by atoms with van der Waals surface area (Å²) >= 11 is 5.68. The lowest BCUT2D eigenvalue weighted by Crippen LogP contribution is -2.53. The van der Waals surface area contributed by atoms with E-state index >= 15 is 0 Å². The summed E-state index contributed by atoms with van der Waals surface area (Å²) < 4.78 is 69.4. The SMILES string of the molecule is CC1(C)c2nc(-c3ccc(F)c(F)c3)c(Nc3cc(C(F)(F)F)c(Cl)cn3)n2CCN1C(=O)CN. The van der Waals surface area contributed by atoms with Crippen LogP contribution in [-0.4, -0.2) is 38.4 Å². The van der Waals surface area contributed by atoms with Crippen LogP contribution in [0.2, 0.25) is 5.02 Å². The summed E-state index contributed by atoms with van der Waals surface area (Å²) in [4.78, 5) is 22.5. The first kappa shape index (κ1) is 24.9. The summed E-state index contributed by atoms with van der Waals surface area (Å²) in [7, 11) is 0. The lowest BCUT2D eigenvalue weighted by molar-refractivity contribution is -0.138. The second-order valence-electron chi connectivity index (χ2n) is 8.39. The van der Waals surface area contributed by atoms with Crippen molar-refractivity contribution in [1.29, 1.82) is 0 Å². The molecule has 35 heavy (non-hydrogen) atoms. The van der Waals surface area contributed by atoms with E-state index in [-0.39, 0.29) is 48.4 Å². The fourth-order valence-electron chi connectivity index (χ4n) is 4.10. The Bertz CT molecular complexity index is 1310. The number of carbonyl (C=O) groups is 1. The molecule has 2 aromatic heterocycles. The molecule has 7 nitrogen and oxygen atoms in total. The van der Waals surface area contributed by atoms with Gasteiger partial charge >= 0.3 is 6.18 Å². The number of nitrogens with one attached hydrogen (secondary N) is 1. The first-order valence-electron chi connectivity index (χ1n) is 10.4. The fraction of sp³-hybridized carbons (Fsp3) is 0.318. The van der Waals surface area contributed by atoms with Gasteiger partial charge in [0, 0.05) is 24.8 Å². The number of benzene rings is 1. The number of fused-ring (bicyclic) bond motifs is 1. The topological polar surface area (TPSA) is 89.1 Å². The minimum Gasteiger partial charge on any atom is -0.327 e. The standard InChI is InChI=1S/C22H20ClF5N6O/c1-21(2)20-32-18(11-3-4-14(24)15(25)7-11)19(33(20)5-6-34(21)17(35)9-29)31-16-8-12(22(26,27)28)13(23)10-30-16/h3-4,7-8,10H,5-6,9,29H2,1-2H3,(H,30,31). The van der Waals surface area contributed by atoms with Gasteiger partial charge in [-0.1, -0.05) is 11.6 Å². The predicted molar refractivity (Wildman–Crippen MR) is 119 cm³/mol. The Hall–Kier alpha value is -3.25. The molecule has 1 aliphatic rings. The number of carbonyl (C=O) groups excluding carboxylic acids is 1. The van der Waals surface area contributed by atoms with Gasteiger partial charge in [-0.3, -0.25) is 4.79 Å². The van der Waals surface area contributed by atoms with Crippen molar-refractivity contribution in [2.45, 2.75) is 32.1 Å². The second-order valence-corrected chi connectivity index (χ2v) is 8.80. The average molecular weight is 515 g/mol. The maximum Gasteiger partial charge on any atom is 0.418 e. The molecule has 186 valence electrons. The zero-order valence-corrected chi connectivity index (χ0v) is 19.3. The maximum atomic E-state index is 14.1. The highest BCUT2D eigenvalue weighted by molar-refractivity contribution is 6.31. The zero-order chi connectivity index (χ0) is 25.7. The molecule has 1 amide bonds. The Balaban J connectivity index is 1.89. The van der Waals surface area contributed by atoms with Crippen molar-refractivity contribution < 1.29 is 26.7 Å². The number of amides is 1. The number of nitrogens with zero attached hydrogens (tertiary/aromatic N) is 4. The van der Waals surface area contributed by atoms with Gasteiger partial charge in [0.2, 0.25) is 5.91 Å². The number of pyridine rings is 1. The maximum absolute atomic E-state index is 14.1. The molecule has 0 bridgehead atoms. The molecule has 0 fully saturated rings. The van der Waals surface area contributed by atoms with E-state index in [1.165, 1.54) is 11.0 Å². The molecule has 4 rings (SSSR count). The molecule has 0 saturated carbocycles. The van der Waals surface area contributed by atoms with Crippen LogP contribution < -0.4 is 11.1 Å². The van der Waals surface area contributed by atoms with Gasteiger partial charge in [0.25, 0.3) is 0 Å². The Morgan fingerprint density at radius 1 is 1.20 bits per heavy atom. The van der Waals surface area contributed by atoms with Gasteiger partial charge in [0.15, 0.2) is 11.6 Å². The van der Waals surface area contributed by atoms with Gasteiger partial charge in [0.05, 0.1) is 22.7 Å². The van der Waals surface area contributed by atoms with Crippen LogP contribution in [0.25, 0.3) is 11.3 Å². The minimum atomic E-state index is -4.72. The van der Waals surface area contributed by atoms with Gasteiger partial charge < -0.3 is 20.5 Å². The summed E-state index contributed by atoms with van der Waals surface area (Å²) in [5.41, 5.74) is 3.80. The number of rotatable bonds is 4. The van der Waals surface area contributed by atoms with Crippen molar-refractivity contribution in [2.24, 2.45) is 5.73 Å². The minimum absolute atomic E-state index is 0.138. The van der Waals surface area contributed by atoms with E-state index in [1.807, 2.05) is 0 Å². The first-order chi connectivity index (χ1) is 16.3. The molecule has 3 N–H and O–H groups in total. The Morgan fingerprint density at radius 3 is 2.54 bits per heavy atom. The van der Waals surface area contributed by atoms with Gasteiger partial charge in [-0.05, 0) is 38.1 Å². The van der Waals surface area contributed by atoms with E-state index in [1.54, 1.807) is 18.4 Å². The van der Waals surface area contributed by atoms with Gasteiger partial charge in [-0.15, -0.1) is 0 Å². The van der Waals surface area contributed by atoms with Gasteiger partial charge in [-0.2, -0.15) is 13.2 Å². The molecule has 0 spiro atoms. The summed E-state index contributed by atoms with van der Waals surface area (Å²) in [5, 5.41) is 2.26. The summed E-state index contributed by atoms with van der Waals surface area (Å²) in [6.45, 7) is 3.70. The summed E-state index contributed by atoms with van der Waals surface area (Å²) in [6, 6.07) is 3.89. The third-order valence-corrected chi connectivity index (χ3v) is 6.11. The number of nitrogens with two attached hydrogens (primary N) is 1. The van der Waals surface area contributed by atoms with Crippen LogP contribution in [0.5, 0.6) is 0 Å². The molecular weight excluding hydrogens is 495 g/mol. The van der Waals surface area contributed by atoms with Crippen LogP contribution in [0.4, 0.5) is 33.6 Å². The summed E-state index contributed by atoms with van der Waals surface area (Å²) in [5.74, 6) is -2.13. The van der Waals surface area contributed by atoms with Crippen LogP contribution in [0.1, 0.15) is 25.2 Å². The average Bonchev–Trinajstić information content (AvgIpc) is 3.15. The summed E-state index contributed by atoms with van der Waals surface area (Å²) in [6.07, 6.45) is -3.86. The van der Waals surface area contributed by atoms with E-state index < -0.39 is 33.9 Å². The highest BCUT2D eigenvalue weighted by Gasteiger charge is 2.41. The first-order valence-corrected chi connectivity index (χ1v) is 10.8. The van der Waals surface area contributed by atoms with E-state index in [2.05, 4.69) is 15.3 Å². The third-order valence-electron chi connectivity index (χ3n) is 5.81. The number of hydrogen-bond donors (Lipinski definition) is 2. The van der Waals surface area contributed by atoms with Gasteiger partial charge in [-0.25, -0.2) is 18.7 Å². The number of hydrogen-bond acceptors (Lipinski definition) is 5. The zero-order valence-electron chi connectivity index (χ0n) is 18.6. The molecule has 0 unspecified atom stereocenters. The van der Waals surface area contributed by atoms with E-state index in [4.69, 9.17) is 17.3 Å². The Morgan fingerprint density at radius 2 is 1.91 bits per heavy atom. The van der Waals surface area contributed by atoms with Crippen molar-refractivity contribution >= 4 is 29.1 Å². The Labute approximate surface area is 201 Å². The lowest BCUT2D eigenvalue weighted by atomic mass is 9.99. The lowest BCUT2D eigenvalue weighted by Gasteiger charge is -2.42. The fourth-order valence-corrected chi connectivity index (χ4v) is 4.31. The molecule has 0 atom stereocenters. The van der Waals surface area contributed by atoms with E-state index in [9.17, 15) is 26.7 Å². The largest absolute Gasteiger partial charge is 0.418 e. The third kappa shape index (κ3) is 4.43. The molecule has 3 aromatic rings. The smallest absolute Gasteiger partial charge is 0.327 e. The van der Waals surface area contributed by atoms with Crippen molar-refractivity contribution in [3.8, 4) is 11.3 Å². The van der Waals surface area contributed by atoms with Crippen LogP contribution in [0.15, 0.2) is 30.5 Å². The molecule has 0 saturated heterocycles. The predicted octanol–water partition coefficient (Wildman–Crippen LogP) is 4.68. The van der Waals surface area contributed by atoms with Crippen LogP contribution in [-0.2, 0) is 23.1 Å². The molecule has 0 aliphatic carbocycles. The van der Waals surface area contributed by atoms with Gasteiger partial charge in [0.1, 0.15) is 23.2 Å². The normalized spacial score (nSPS) is 15.2. The van der Waals surface area contributed by atoms with Crippen molar-refractivity contribution in [1.82, 2.24) is 19.4 Å². The van der Waals surface area contributed by atoms with E-state index in [0.717, 1.165) is 24.4 Å². The quantitative estimate of drug-likeness (QED) is 0.494. The number of anilines is 2. The molecule has 1 aliphatic heterocycles. The van der Waals surface area contributed by atoms with Crippen LogP contribution in [0, 0.1) is 11.6 Å². The monoisotopic (exact) mass is 514 g/mol. The van der Waals surface area contributed by atoms with Crippen molar-refractivity contribution in [2.75, 3.05) is 18.4 Å². The van der Waals surface area contributed by atoms with E-state index in [0.29, 0.717) is 5.82 Å². The van der Waals surface area contributed by atoms with Crippen molar-refractivity contribution in [3.05, 3.63) is 58.5 Å². The molecule has 3 heterocycles. The number of halogens is 6. The Kier molecular flexibility index (Phi) is 6.22. The second kappa shape index (κ2) is 8.76. The van der Waals surface area contributed by atoms with Crippen LogP contribution >= 0.6 is 11.6 Å². The highest BCUT2D eigenvalue weighted by atomic mass is 35.5. The number of imidazole rings is 1. The molecule has 13 heteroatoms.